The van der Waals surface area contributed by atoms with Crippen LogP contribution in [0.1, 0.15) is 45.4 Å². The molecule has 1 nitrogen and oxygen atoms in total. The second-order valence-electron chi connectivity index (χ2n) is 4.57. The van der Waals surface area contributed by atoms with Crippen LogP contribution in [0.3, 0.4) is 0 Å². The molecule has 0 spiro atoms. The molecule has 0 aromatic carbocycles. The molecule has 2 rings (SSSR count). The quantitative estimate of drug-likeness (QED) is 0.580. The molecule has 1 aliphatic carbocycles. The van der Waals surface area contributed by atoms with Crippen molar-refractivity contribution in [3.63, 3.8) is 0 Å². The fourth-order valence-corrected chi connectivity index (χ4v) is 2.91. The summed E-state index contributed by atoms with van der Waals surface area (Å²) in [6.45, 7) is 5.21. The Hall–Kier alpha value is -0.0400. The second kappa shape index (κ2) is 3.78. The average Bonchev–Trinajstić information content (AvgIpc) is 2.57. The van der Waals surface area contributed by atoms with Crippen molar-refractivity contribution in [1.29, 1.82) is 0 Å². The molecular weight excluding hydrogens is 146 g/mol. The minimum atomic E-state index is 0.946. The molecule has 1 unspecified atom stereocenters. The molecule has 2 atom stereocenters. The molecule has 0 radical (unpaired) electrons. The minimum Gasteiger partial charge on any atom is -0.300 e. The molecule has 0 amide bonds. The van der Waals surface area contributed by atoms with Gasteiger partial charge in [-0.15, -0.1) is 0 Å². The van der Waals surface area contributed by atoms with Crippen LogP contribution in [0.4, 0.5) is 0 Å². The molecule has 1 heterocycles. The van der Waals surface area contributed by atoms with Crippen LogP contribution in [-0.2, 0) is 0 Å². The summed E-state index contributed by atoms with van der Waals surface area (Å²) < 4.78 is 0. The molecule has 2 aliphatic rings. The normalized spacial score (nSPS) is 38.8. The summed E-state index contributed by atoms with van der Waals surface area (Å²) >= 11 is 0. The summed E-state index contributed by atoms with van der Waals surface area (Å²) in [5.41, 5.74) is 0. The molecule has 1 saturated heterocycles. The maximum atomic E-state index is 2.74. The van der Waals surface area contributed by atoms with Gasteiger partial charge in [-0.25, -0.2) is 0 Å². The van der Waals surface area contributed by atoms with Gasteiger partial charge < -0.3 is 4.90 Å². The largest absolute Gasteiger partial charge is 0.300 e. The number of nitrogens with zero attached hydrogens (tertiary/aromatic N) is 1. The first-order valence-electron chi connectivity index (χ1n) is 5.62. The van der Waals surface area contributed by atoms with Crippen molar-refractivity contribution in [3.05, 3.63) is 0 Å². The molecule has 0 bridgehead atoms. The van der Waals surface area contributed by atoms with E-state index in [1.807, 2.05) is 0 Å². The summed E-state index contributed by atoms with van der Waals surface area (Å²) in [6.07, 6.45) is 8.80. The van der Waals surface area contributed by atoms with Crippen molar-refractivity contribution >= 4 is 0 Å². The maximum Gasteiger partial charge on any atom is 0.0121 e. The van der Waals surface area contributed by atoms with Gasteiger partial charge in [0.2, 0.25) is 0 Å². The lowest BCUT2D eigenvalue weighted by Crippen LogP contribution is -2.39. The zero-order chi connectivity index (χ0) is 8.39. The van der Waals surface area contributed by atoms with Gasteiger partial charge in [0.15, 0.2) is 0 Å². The fraction of sp³-hybridized carbons (Fsp3) is 1.00. The van der Waals surface area contributed by atoms with Gasteiger partial charge in [-0.2, -0.15) is 0 Å². The molecule has 1 heteroatoms. The van der Waals surface area contributed by atoms with Crippen molar-refractivity contribution < 1.29 is 0 Å². The Morgan fingerprint density at radius 3 is 2.25 bits per heavy atom. The van der Waals surface area contributed by atoms with Gasteiger partial charge in [-0.05, 0) is 44.7 Å². The maximum absolute atomic E-state index is 2.74. The molecule has 2 fully saturated rings. The van der Waals surface area contributed by atoms with Gasteiger partial charge in [0.25, 0.3) is 0 Å². The highest BCUT2D eigenvalue weighted by Crippen LogP contribution is 2.29. The molecule has 0 aromatic heterocycles. The molecular formula is C11H21N. The van der Waals surface area contributed by atoms with Gasteiger partial charge in [0.1, 0.15) is 0 Å². The standard InChI is InChI=1S/C11H21N/c1-10-6-2-3-7-11(10)12-8-4-5-9-12/h10-11H,2-9H2,1H3/t10?,11-/m0/s1. The summed E-state index contributed by atoms with van der Waals surface area (Å²) in [5.74, 6) is 0.969. The highest BCUT2D eigenvalue weighted by Gasteiger charge is 2.28. The minimum absolute atomic E-state index is 0.946. The Bertz CT molecular complexity index is 138. The van der Waals surface area contributed by atoms with E-state index in [9.17, 15) is 0 Å². The van der Waals surface area contributed by atoms with Crippen molar-refractivity contribution in [3.8, 4) is 0 Å². The van der Waals surface area contributed by atoms with E-state index in [0.717, 1.165) is 12.0 Å². The zero-order valence-corrected chi connectivity index (χ0v) is 8.26. The van der Waals surface area contributed by atoms with Gasteiger partial charge in [-0.1, -0.05) is 19.8 Å². The van der Waals surface area contributed by atoms with E-state index in [1.54, 1.807) is 0 Å². The highest BCUT2D eigenvalue weighted by atomic mass is 15.2. The van der Waals surface area contributed by atoms with E-state index in [-0.39, 0.29) is 0 Å². The van der Waals surface area contributed by atoms with Crippen molar-refractivity contribution in [2.75, 3.05) is 13.1 Å². The first-order chi connectivity index (χ1) is 5.88. The van der Waals surface area contributed by atoms with Crippen LogP contribution in [0.15, 0.2) is 0 Å². The third kappa shape index (κ3) is 1.66. The number of likely N-dealkylation sites (tertiary alicyclic amines) is 1. The lowest BCUT2D eigenvalue weighted by Gasteiger charge is -2.36. The predicted octanol–water partition coefficient (Wildman–Crippen LogP) is 2.66. The van der Waals surface area contributed by atoms with E-state index in [0.29, 0.717) is 0 Å². The summed E-state index contributed by atoms with van der Waals surface area (Å²) in [7, 11) is 0. The Balaban J connectivity index is 1.91. The van der Waals surface area contributed by atoms with Crippen LogP contribution in [0.25, 0.3) is 0 Å². The van der Waals surface area contributed by atoms with Crippen LogP contribution >= 0.6 is 0 Å². The molecule has 0 N–H and O–H groups in total. The fourth-order valence-electron chi connectivity index (χ4n) is 2.91. The summed E-state index contributed by atoms with van der Waals surface area (Å²) in [5, 5.41) is 0. The van der Waals surface area contributed by atoms with E-state index in [4.69, 9.17) is 0 Å². The van der Waals surface area contributed by atoms with Crippen LogP contribution in [0.2, 0.25) is 0 Å². The molecule has 1 aliphatic heterocycles. The molecule has 12 heavy (non-hydrogen) atoms. The Kier molecular flexibility index (Phi) is 2.69. The van der Waals surface area contributed by atoms with Crippen LogP contribution in [0.5, 0.6) is 0 Å². The van der Waals surface area contributed by atoms with E-state index >= 15 is 0 Å². The average molecular weight is 167 g/mol. The van der Waals surface area contributed by atoms with Crippen molar-refractivity contribution in [1.82, 2.24) is 4.90 Å². The first kappa shape index (κ1) is 8.55. The Morgan fingerprint density at radius 2 is 1.58 bits per heavy atom. The van der Waals surface area contributed by atoms with Crippen LogP contribution in [0, 0.1) is 5.92 Å². The lowest BCUT2D eigenvalue weighted by atomic mass is 9.85. The predicted molar refractivity (Wildman–Crippen MR) is 52.2 cm³/mol. The summed E-state index contributed by atoms with van der Waals surface area (Å²) in [4.78, 5) is 2.74. The van der Waals surface area contributed by atoms with Gasteiger partial charge in [-0.3, -0.25) is 0 Å². The van der Waals surface area contributed by atoms with Crippen molar-refractivity contribution in [2.45, 2.75) is 51.5 Å². The van der Waals surface area contributed by atoms with Gasteiger partial charge >= 0.3 is 0 Å². The van der Waals surface area contributed by atoms with E-state index in [1.165, 1.54) is 51.6 Å². The third-order valence-electron chi connectivity index (χ3n) is 3.68. The molecule has 0 aromatic rings. The van der Waals surface area contributed by atoms with Crippen LogP contribution in [-0.4, -0.2) is 24.0 Å². The van der Waals surface area contributed by atoms with Gasteiger partial charge in [0.05, 0.1) is 0 Å². The van der Waals surface area contributed by atoms with E-state index < -0.39 is 0 Å². The molecule has 1 saturated carbocycles. The first-order valence-corrected chi connectivity index (χ1v) is 5.62. The van der Waals surface area contributed by atoms with Gasteiger partial charge in [0, 0.05) is 6.04 Å². The lowest BCUT2D eigenvalue weighted by molar-refractivity contribution is 0.138. The van der Waals surface area contributed by atoms with Crippen LogP contribution < -0.4 is 0 Å². The van der Waals surface area contributed by atoms with Crippen molar-refractivity contribution in [2.24, 2.45) is 5.92 Å². The topological polar surface area (TPSA) is 3.24 Å². The smallest absolute Gasteiger partial charge is 0.0121 e. The monoisotopic (exact) mass is 167 g/mol. The van der Waals surface area contributed by atoms with E-state index in [2.05, 4.69) is 11.8 Å². The number of hydrogen-bond donors (Lipinski definition) is 0. The Labute approximate surface area is 76.1 Å². The SMILES string of the molecule is CC1CCCC[C@@H]1N1CCCC1. The second-order valence-corrected chi connectivity index (χ2v) is 4.57. The highest BCUT2D eigenvalue weighted by molar-refractivity contribution is 4.83. The third-order valence-corrected chi connectivity index (χ3v) is 3.68. The molecule has 70 valence electrons. The number of rotatable bonds is 1. The Morgan fingerprint density at radius 1 is 0.917 bits per heavy atom. The zero-order valence-electron chi connectivity index (χ0n) is 8.26. The number of hydrogen-bond acceptors (Lipinski definition) is 1. The summed E-state index contributed by atoms with van der Waals surface area (Å²) in [6, 6.07) is 0.946.